The van der Waals surface area contributed by atoms with E-state index in [1.165, 1.54) is 4.90 Å². The molecule has 0 saturated carbocycles. The monoisotopic (exact) mass is 288 g/mol. The van der Waals surface area contributed by atoms with Crippen LogP contribution in [-0.4, -0.2) is 40.6 Å². The Morgan fingerprint density at radius 3 is 2.14 bits per heavy atom. The van der Waals surface area contributed by atoms with Gasteiger partial charge in [0.05, 0.1) is 6.54 Å². The summed E-state index contributed by atoms with van der Waals surface area (Å²) in [5.41, 5.74) is 1.45. The van der Waals surface area contributed by atoms with Crippen LogP contribution in [0.3, 0.4) is 0 Å². The lowest BCUT2D eigenvalue weighted by Crippen LogP contribution is -2.33. The van der Waals surface area contributed by atoms with Gasteiger partial charge in [0.2, 0.25) is 11.8 Å². The van der Waals surface area contributed by atoms with Crippen LogP contribution in [0.5, 0.6) is 0 Å². The van der Waals surface area contributed by atoms with Crippen molar-refractivity contribution in [2.75, 3.05) is 7.05 Å². The number of amides is 3. The van der Waals surface area contributed by atoms with Gasteiger partial charge in [-0.3, -0.25) is 19.3 Å². The first kappa shape index (κ1) is 15.2. The van der Waals surface area contributed by atoms with Crippen LogP contribution in [0.15, 0.2) is 24.3 Å². The predicted molar refractivity (Wildman–Crippen MR) is 78.5 cm³/mol. The predicted octanol–water partition coefficient (Wildman–Crippen LogP) is 1.82. The molecule has 1 saturated heterocycles. The molecule has 3 amide bonds. The molecule has 1 heterocycles. The van der Waals surface area contributed by atoms with E-state index in [2.05, 4.69) is 0 Å². The topological polar surface area (TPSA) is 57.7 Å². The number of nitrogens with zero attached hydrogens (tertiary/aromatic N) is 2. The molecule has 1 aliphatic rings. The van der Waals surface area contributed by atoms with Gasteiger partial charge in [-0.05, 0) is 31.5 Å². The number of hydrogen-bond acceptors (Lipinski definition) is 3. The average molecular weight is 288 g/mol. The van der Waals surface area contributed by atoms with Crippen LogP contribution in [0, 0.1) is 0 Å². The highest BCUT2D eigenvalue weighted by Crippen LogP contribution is 2.16. The van der Waals surface area contributed by atoms with Gasteiger partial charge in [0.15, 0.2) is 0 Å². The van der Waals surface area contributed by atoms with Gasteiger partial charge in [0.25, 0.3) is 5.91 Å². The summed E-state index contributed by atoms with van der Waals surface area (Å²) < 4.78 is 0. The van der Waals surface area contributed by atoms with Crippen LogP contribution in [-0.2, 0) is 16.1 Å². The lowest BCUT2D eigenvalue weighted by atomic mass is 10.1. The standard InChI is InChI=1S/C16H20N2O3/c1-11(2)17(3)16(21)13-6-4-12(5-7-13)10-18-14(19)8-9-15(18)20/h4-7,11H,8-10H2,1-3H3. The summed E-state index contributed by atoms with van der Waals surface area (Å²) in [6.07, 6.45) is 0.600. The third kappa shape index (κ3) is 3.29. The highest BCUT2D eigenvalue weighted by molar-refractivity contribution is 6.01. The molecule has 0 unspecified atom stereocenters. The molecular formula is C16H20N2O3. The minimum absolute atomic E-state index is 0.0372. The SMILES string of the molecule is CC(C)N(C)C(=O)c1ccc(CN2C(=O)CCC2=O)cc1. The van der Waals surface area contributed by atoms with E-state index in [1.54, 1.807) is 36.2 Å². The molecule has 0 spiro atoms. The van der Waals surface area contributed by atoms with Gasteiger partial charge in [0.1, 0.15) is 0 Å². The van der Waals surface area contributed by atoms with Crippen molar-refractivity contribution in [2.24, 2.45) is 0 Å². The van der Waals surface area contributed by atoms with Crippen LogP contribution in [0.2, 0.25) is 0 Å². The fourth-order valence-electron chi connectivity index (χ4n) is 2.17. The fraction of sp³-hybridized carbons (Fsp3) is 0.438. The van der Waals surface area contributed by atoms with Crippen LogP contribution >= 0.6 is 0 Å². The van der Waals surface area contributed by atoms with Crippen LogP contribution in [0.25, 0.3) is 0 Å². The first-order valence-corrected chi connectivity index (χ1v) is 7.09. The maximum Gasteiger partial charge on any atom is 0.253 e. The molecule has 0 N–H and O–H groups in total. The van der Waals surface area contributed by atoms with Crippen LogP contribution in [0.4, 0.5) is 0 Å². The summed E-state index contributed by atoms with van der Waals surface area (Å²) in [6.45, 7) is 4.19. The molecule has 0 bridgehead atoms. The quantitative estimate of drug-likeness (QED) is 0.794. The Morgan fingerprint density at radius 1 is 1.14 bits per heavy atom. The van der Waals surface area contributed by atoms with Crippen LogP contribution in [0.1, 0.15) is 42.6 Å². The second-order valence-electron chi connectivity index (χ2n) is 5.58. The Bertz CT molecular complexity index is 547. The van der Waals surface area contributed by atoms with Crippen molar-refractivity contribution >= 4 is 17.7 Å². The van der Waals surface area contributed by atoms with E-state index in [-0.39, 0.29) is 30.3 Å². The average Bonchev–Trinajstić information content (AvgIpc) is 2.78. The van der Waals surface area contributed by atoms with Gasteiger partial charge in [-0.25, -0.2) is 0 Å². The Labute approximate surface area is 124 Å². The van der Waals surface area contributed by atoms with Crippen molar-refractivity contribution in [1.29, 1.82) is 0 Å². The van der Waals surface area contributed by atoms with E-state index >= 15 is 0 Å². The van der Waals surface area contributed by atoms with Crippen molar-refractivity contribution in [2.45, 2.75) is 39.3 Å². The van der Waals surface area contributed by atoms with E-state index < -0.39 is 0 Å². The lowest BCUT2D eigenvalue weighted by Gasteiger charge is -2.21. The second-order valence-corrected chi connectivity index (χ2v) is 5.58. The molecule has 1 aromatic carbocycles. The maximum atomic E-state index is 12.2. The van der Waals surface area contributed by atoms with E-state index in [4.69, 9.17) is 0 Å². The number of rotatable bonds is 4. The maximum absolute atomic E-state index is 12.2. The van der Waals surface area contributed by atoms with Gasteiger partial charge >= 0.3 is 0 Å². The highest BCUT2D eigenvalue weighted by Gasteiger charge is 2.28. The van der Waals surface area contributed by atoms with E-state index in [9.17, 15) is 14.4 Å². The molecule has 0 radical (unpaired) electrons. The second kappa shape index (κ2) is 6.08. The molecule has 1 aromatic rings. The van der Waals surface area contributed by atoms with E-state index in [1.807, 2.05) is 13.8 Å². The molecule has 21 heavy (non-hydrogen) atoms. The molecule has 1 fully saturated rings. The van der Waals surface area contributed by atoms with Crippen LogP contribution < -0.4 is 0 Å². The lowest BCUT2D eigenvalue weighted by molar-refractivity contribution is -0.139. The summed E-state index contributed by atoms with van der Waals surface area (Å²) >= 11 is 0. The summed E-state index contributed by atoms with van der Waals surface area (Å²) in [4.78, 5) is 38.2. The minimum Gasteiger partial charge on any atom is -0.339 e. The molecule has 5 heteroatoms. The number of imide groups is 1. The zero-order valence-corrected chi connectivity index (χ0v) is 12.6. The Kier molecular flexibility index (Phi) is 4.40. The van der Waals surface area contributed by atoms with Gasteiger partial charge in [-0.1, -0.05) is 12.1 Å². The smallest absolute Gasteiger partial charge is 0.253 e. The summed E-state index contributed by atoms with van der Waals surface area (Å²) in [5, 5.41) is 0. The Hall–Kier alpha value is -2.17. The van der Waals surface area contributed by atoms with Gasteiger partial charge in [-0.15, -0.1) is 0 Å². The number of carbonyl (C=O) groups excluding carboxylic acids is 3. The molecule has 0 aliphatic carbocycles. The number of likely N-dealkylation sites (tertiary alicyclic amines) is 1. The van der Waals surface area contributed by atoms with E-state index in [0.717, 1.165) is 5.56 Å². The third-order valence-corrected chi connectivity index (χ3v) is 3.79. The Balaban J connectivity index is 2.07. The molecule has 112 valence electrons. The van der Waals surface area contributed by atoms with Crippen molar-refractivity contribution in [3.8, 4) is 0 Å². The summed E-state index contributed by atoms with van der Waals surface area (Å²) in [7, 11) is 1.77. The zero-order chi connectivity index (χ0) is 15.6. The molecule has 0 aromatic heterocycles. The van der Waals surface area contributed by atoms with Gasteiger partial charge < -0.3 is 4.90 Å². The molecular weight excluding hydrogens is 268 g/mol. The highest BCUT2D eigenvalue weighted by atomic mass is 16.2. The van der Waals surface area contributed by atoms with Gasteiger partial charge in [-0.2, -0.15) is 0 Å². The first-order valence-electron chi connectivity index (χ1n) is 7.09. The van der Waals surface area contributed by atoms with Crippen molar-refractivity contribution in [1.82, 2.24) is 9.80 Å². The molecule has 5 nitrogen and oxygen atoms in total. The minimum atomic E-state index is -0.125. The summed E-state index contributed by atoms with van der Waals surface area (Å²) in [6, 6.07) is 7.20. The first-order chi connectivity index (χ1) is 9.90. The van der Waals surface area contributed by atoms with Crippen molar-refractivity contribution in [3.05, 3.63) is 35.4 Å². The van der Waals surface area contributed by atoms with Gasteiger partial charge in [0, 0.05) is 31.5 Å². The fourth-order valence-corrected chi connectivity index (χ4v) is 2.17. The third-order valence-electron chi connectivity index (χ3n) is 3.79. The molecule has 2 rings (SSSR count). The molecule has 1 aliphatic heterocycles. The normalized spacial score (nSPS) is 15.0. The van der Waals surface area contributed by atoms with Crippen molar-refractivity contribution in [3.63, 3.8) is 0 Å². The largest absolute Gasteiger partial charge is 0.339 e. The number of benzene rings is 1. The van der Waals surface area contributed by atoms with E-state index in [0.29, 0.717) is 18.4 Å². The number of hydrogen-bond donors (Lipinski definition) is 0. The number of carbonyl (C=O) groups is 3. The summed E-state index contributed by atoms with van der Waals surface area (Å²) in [5.74, 6) is -0.288. The zero-order valence-electron chi connectivity index (χ0n) is 12.6. The molecule has 0 atom stereocenters. The van der Waals surface area contributed by atoms with Crippen molar-refractivity contribution < 1.29 is 14.4 Å². The Morgan fingerprint density at radius 2 is 1.67 bits per heavy atom.